The molecule has 6 heteroatoms. The Morgan fingerprint density at radius 3 is 2.53 bits per heavy atom. The molecule has 1 aromatic rings. The van der Waals surface area contributed by atoms with Crippen LogP contribution >= 0.6 is 0 Å². The maximum atomic E-state index is 12.6. The van der Waals surface area contributed by atoms with E-state index < -0.39 is 21.5 Å². The predicted molar refractivity (Wildman–Crippen MR) is 70.0 cm³/mol. The van der Waals surface area contributed by atoms with Gasteiger partial charge < -0.3 is 4.74 Å². The molecule has 1 saturated heterocycles. The van der Waals surface area contributed by atoms with Crippen molar-refractivity contribution in [2.45, 2.75) is 30.2 Å². The molecule has 0 spiro atoms. The summed E-state index contributed by atoms with van der Waals surface area (Å²) in [5, 5.41) is 0. The van der Waals surface area contributed by atoms with Crippen molar-refractivity contribution >= 4 is 16.0 Å². The Kier molecular flexibility index (Phi) is 3.64. The lowest BCUT2D eigenvalue weighted by Crippen LogP contribution is -2.51. The van der Waals surface area contributed by atoms with Crippen LogP contribution in [0.1, 0.15) is 19.8 Å². The van der Waals surface area contributed by atoms with Crippen LogP contribution in [0.2, 0.25) is 0 Å². The zero-order chi connectivity index (χ0) is 14.1. The Morgan fingerprint density at radius 2 is 1.95 bits per heavy atom. The van der Waals surface area contributed by atoms with Gasteiger partial charge in [-0.3, -0.25) is 4.79 Å². The van der Waals surface area contributed by atoms with E-state index in [1.54, 1.807) is 25.1 Å². The van der Waals surface area contributed by atoms with E-state index >= 15 is 0 Å². The van der Waals surface area contributed by atoms with E-state index in [4.69, 9.17) is 4.74 Å². The third kappa shape index (κ3) is 2.26. The third-order valence-electron chi connectivity index (χ3n) is 3.53. The first-order valence-corrected chi connectivity index (χ1v) is 7.53. The fraction of sp³-hybridized carbons (Fsp3) is 0.462. The van der Waals surface area contributed by atoms with Crippen LogP contribution in [0.25, 0.3) is 0 Å². The van der Waals surface area contributed by atoms with Crippen LogP contribution in [0, 0.1) is 0 Å². The van der Waals surface area contributed by atoms with Gasteiger partial charge in [0, 0.05) is 6.54 Å². The van der Waals surface area contributed by atoms with Gasteiger partial charge in [0.25, 0.3) is 0 Å². The Morgan fingerprint density at radius 1 is 1.32 bits per heavy atom. The predicted octanol–water partition coefficient (Wildman–Crippen LogP) is 1.40. The molecule has 104 valence electrons. The summed E-state index contributed by atoms with van der Waals surface area (Å²) < 4.78 is 31.2. The van der Waals surface area contributed by atoms with Gasteiger partial charge in [-0.1, -0.05) is 18.2 Å². The standard InChI is InChI=1S/C13H17NO4S/c1-13(12(15)18-2)9-6-10-14(13)19(16,17)11-7-4-3-5-8-11/h3-5,7-8H,6,9-10H2,1-2H3/t13-/m0/s1. The molecule has 0 N–H and O–H groups in total. The van der Waals surface area contributed by atoms with E-state index in [2.05, 4.69) is 0 Å². The Bertz CT molecular complexity index is 570. The second kappa shape index (κ2) is 4.94. The molecule has 1 aliphatic rings. The first-order chi connectivity index (χ1) is 8.93. The second-order valence-electron chi connectivity index (χ2n) is 4.76. The maximum absolute atomic E-state index is 12.6. The summed E-state index contributed by atoms with van der Waals surface area (Å²) in [6, 6.07) is 8.15. The van der Waals surface area contributed by atoms with Gasteiger partial charge in [0.05, 0.1) is 12.0 Å². The van der Waals surface area contributed by atoms with Crippen LogP contribution in [0.5, 0.6) is 0 Å². The molecule has 2 rings (SSSR count). The van der Waals surface area contributed by atoms with Crippen LogP contribution in [-0.2, 0) is 19.6 Å². The second-order valence-corrected chi connectivity index (χ2v) is 6.62. The highest BCUT2D eigenvalue weighted by Gasteiger charge is 2.50. The molecule has 0 radical (unpaired) electrons. The van der Waals surface area contributed by atoms with Gasteiger partial charge in [-0.25, -0.2) is 8.42 Å². The molecule has 0 aliphatic carbocycles. The number of esters is 1. The van der Waals surface area contributed by atoms with E-state index in [-0.39, 0.29) is 4.90 Å². The highest BCUT2D eigenvalue weighted by atomic mass is 32.2. The molecule has 1 fully saturated rings. The number of sulfonamides is 1. The highest BCUT2D eigenvalue weighted by Crippen LogP contribution is 2.35. The van der Waals surface area contributed by atoms with Gasteiger partial charge in [0.2, 0.25) is 10.0 Å². The molecule has 1 heterocycles. The summed E-state index contributed by atoms with van der Waals surface area (Å²) >= 11 is 0. The highest BCUT2D eigenvalue weighted by molar-refractivity contribution is 7.89. The monoisotopic (exact) mass is 283 g/mol. The van der Waals surface area contributed by atoms with E-state index in [1.807, 2.05) is 0 Å². The number of rotatable bonds is 3. The lowest BCUT2D eigenvalue weighted by atomic mass is 10.0. The van der Waals surface area contributed by atoms with Crippen molar-refractivity contribution in [3.63, 3.8) is 0 Å². The van der Waals surface area contributed by atoms with Gasteiger partial charge in [0.1, 0.15) is 5.54 Å². The Balaban J connectivity index is 2.44. The third-order valence-corrected chi connectivity index (χ3v) is 5.57. The van der Waals surface area contributed by atoms with Crippen molar-refractivity contribution in [3.05, 3.63) is 30.3 Å². The summed E-state index contributed by atoms with van der Waals surface area (Å²) in [5.74, 6) is -0.510. The van der Waals surface area contributed by atoms with Crippen LogP contribution in [0.4, 0.5) is 0 Å². The Labute approximate surface area is 113 Å². The lowest BCUT2D eigenvalue weighted by Gasteiger charge is -2.31. The largest absolute Gasteiger partial charge is 0.468 e. The van der Waals surface area contributed by atoms with Crippen molar-refractivity contribution < 1.29 is 17.9 Å². The average Bonchev–Trinajstić information content (AvgIpc) is 2.83. The van der Waals surface area contributed by atoms with Crippen LogP contribution < -0.4 is 0 Å². The number of methoxy groups -OCH3 is 1. The number of carbonyl (C=O) groups is 1. The first-order valence-electron chi connectivity index (χ1n) is 6.09. The average molecular weight is 283 g/mol. The number of nitrogens with zero attached hydrogens (tertiary/aromatic N) is 1. The molecular weight excluding hydrogens is 266 g/mol. The van der Waals surface area contributed by atoms with Gasteiger partial charge >= 0.3 is 5.97 Å². The molecule has 0 aromatic heterocycles. The molecule has 0 amide bonds. The minimum atomic E-state index is -3.67. The number of hydrogen-bond donors (Lipinski definition) is 0. The maximum Gasteiger partial charge on any atom is 0.327 e. The molecule has 0 saturated carbocycles. The number of benzene rings is 1. The lowest BCUT2D eigenvalue weighted by molar-refractivity contribution is -0.149. The molecule has 19 heavy (non-hydrogen) atoms. The van der Waals surface area contributed by atoms with Gasteiger partial charge in [0.15, 0.2) is 0 Å². The number of ether oxygens (including phenoxy) is 1. The zero-order valence-corrected chi connectivity index (χ0v) is 11.8. The zero-order valence-electron chi connectivity index (χ0n) is 11.0. The smallest absolute Gasteiger partial charge is 0.327 e. The Hall–Kier alpha value is -1.40. The van der Waals surface area contributed by atoms with Crippen molar-refractivity contribution in [2.75, 3.05) is 13.7 Å². The molecule has 5 nitrogen and oxygen atoms in total. The van der Waals surface area contributed by atoms with Crippen LogP contribution in [0.3, 0.4) is 0 Å². The topological polar surface area (TPSA) is 63.7 Å². The van der Waals surface area contributed by atoms with Gasteiger partial charge in [-0.05, 0) is 31.9 Å². The fourth-order valence-corrected chi connectivity index (χ4v) is 4.29. The normalized spacial score (nSPS) is 24.3. The number of hydrogen-bond acceptors (Lipinski definition) is 4. The summed E-state index contributed by atoms with van der Waals surface area (Å²) in [6.07, 6.45) is 1.13. The van der Waals surface area contributed by atoms with Crippen LogP contribution in [0.15, 0.2) is 35.2 Å². The van der Waals surface area contributed by atoms with E-state index in [0.717, 1.165) is 0 Å². The summed E-state index contributed by atoms with van der Waals surface area (Å²) in [5.41, 5.74) is -1.11. The molecule has 1 atom stereocenters. The molecule has 1 aromatic carbocycles. The van der Waals surface area contributed by atoms with Crippen molar-refractivity contribution in [2.24, 2.45) is 0 Å². The molecular formula is C13H17NO4S. The van der Waals surface area contributed by atoms with Crippen molar-refractivity contribution in [3.8, 4) is 0 Å². The van der Waals surface area contributed by atoms with E-state index in [9.17, 15) is 13.2 Å². The van der Waals surface area contributed by atoms with Crippen molar-refractivity contribution in [1.82, 2.24) is 4.31 Å². The van der Waals surface area contributed by atoms with Crippen LogP contribution in [-0.4, -0.2) is 37.9 Å². The fourth-order valence-electron chi connectivity index (χ4n) is 2.47. The minimum Gasteiger partial charge on any atom is -0.468 e. The number of carbonyl (C=O) groups excluding carboxylic acids is 1. The summed E-state index contributed by atoms with van der Waals surface area (Å²) in [6.45, 7) is 1.95. The van der Waals surface area contributed by atoms with Gasteiger partial charge in [-0.15, -0.1) is 0 Å². The van der Waals surface area contributed by atoms with E-state index in [1.165, 1.54) is 23.5 Å². The van der Waals surface area contributed by atoms with E-state index in [0.29, 0.717) is 19.4 Å². The molecule has 1 aliphatic heterocycles. The first kappa shape index (κ1) is 14.0. The summed E-state index contributed by atoms with van der Waals surface area (Å²) in [4.78, 5) is 12.1. The molecule has 0 unspecified atom stereocenters. The SMILES string of the molecule is COC(=O)[C@]1(C)CCCN1S(=O)(=O)c1ccccc1. The summed E-state index contributed by atoms with van der Waals surface area (Å²) in [7, 11) is -2.39. The van der Waals surface area contributed by atoms with Gasteiger partial charge in [-0.2, -0.15) is 4.31 Å². The van der Waals surface area contributed by atoms with Crippen molar-refractivity contribution in [1.29, 1.82) is 0 Å². The molecule has 0 bridgehead atoms. The quantitative estimate of drug-likeness (QED) is 0.787. The minimum absolute atomic E-state index is 0.201.